The van der Waals surface area contributed by atoms with Gasteiger partial charge < -0.3 is 0 Å². The lowest BCUT2D eigenvalue weighted by Crippen LogP contribution is -2.67. The maximum atomic E-state index is 2.71. The van der Waals surface area contributed by atoms with Gasteiger partial charge >= 0.3 is 0 Å². The first-order chi connectivity index (χ1) is 10.4. The van der Waals surface area contributed by atoms with Gasteiger partial charge in [-0.25, -0.2) is 0 Å². The van der Waals surface area contributed by atoms with Gasteiger partial charge in [0, 0.05) is 0 Å². The van der Waals surface area contributed by atoms with E-state index in [4.69, 9.17) is 0 Å². The molecule has 3 aliphatic carbocycles. The number of rotatable bonds is 1. The molecule has 0 amide bonds. The molecule has 0 heterocycles. The topological polar surface area (TPSA) is 0 Å². The Labute approximate surface area is 146 Å². The molecule has 0 heteroatoms. The third-order valence-corrected chi connectivity index (χ3v) is 10.8. The molecule has 0 aliphatic heterocycles. The van der Waals surface area contributed by atoms with Crippen LogP contribution in [-0.2, 0) is 0 Å². The van der Waals surface area contributed by atoms with Crippen molar-refractivity contribution in [2.45, 2.75) is 113 Å². The largest absolute Gasteiger partial charge is 0.0649 e. The monoisotopic (exact) mass is 318 g/mol. The minimum absolute atomic E-state index is 0.496. The summed E-state index contributed by atoms with van der Waals surface area (Å²) in [5.74, 6) is 0. The van der Waals surface area contributed by atoms with Crippen LogP contribution in [0, 0.1) is 32.5 Å². The summed E-state index contributed by atoms with van der Waals surface area (Å²) >= 11 is 0. The number of hydrogen-bond donors (Lipinski definition) is 0. The molecule has 0 aromatic carbocycles. The highest BCUT2D eigenvalue weighted by molar-refractivity contribution is 5.19. The first-order valence-electron chi connectivity index (χ1n) is 10.4. The molecule has 5 unspecified atom stereocenters. The molecule has 0 N–H and O–H groups in total. The average Bonchev–Trinajstić information content (AvgIpc) is 2.46. The van der Waals surface area contributed by atoms with Crippen molar-refractivity contribution in [2.24, 2.45) is 32.5 Å². The van der Waals surface area contributed by atoms with Crippen molar-refractivity contribution in [3.63, 3.8) is 0 Å². The maximum Gasteiger partial charge on any atom is -0.0208 e. The summed E-state index contributed by atoms with van der Waals surface area (Å²) in [5.41, 5.74) is 3.14. The molecule has 0 aromatic rings. The van der Waals surface area contributed by atoms with Crippen molar-refractivity contribution < 1.29 is 0 Å². The lowest BCUT2D eigenvalue weighted by Gasteiger charge is -2.75. The maximum absolute atomic E-state index is 2.71. The highest BCUT2D eigenvalue weighted by atomic mass is 14.7. The Morgan fingerprint density at radius 2 is 1.22 bits per heavy atom. The molecule has 0 bridgehead atoms. The third kappa shape index (κ3) is 1.96. The Bertz CT molecular complexity index is 490. The van der Waals surface area contributed by atoms with Gasteiger partial charge in [-0.1, -0.05) is 68.2 Å². The Kier molecular flexibility index (Phi) is 3.71. The summed E-state index contributed by atoms with van der Waals surface area (Å²) in [6, 6.07) is 0. The second kappa shape index (κ2) is 4.79. The molecule has 0 spiro atoms. The molecule has 3 rings (SSSR count). The van der Waals surface area contributed by atoms with E-state index in [1.165, 1.54) is 57.8 Å². The standard InChI is InChI=1S/C23H42/c1-9-19(4)13-15-22(7)20(5,17-19)14-16-21(6)18(2,3)11-10-12-23(21,22)8/h9-17H2,1-8H3. The van der Waals surface area contributed by atoms with Gasteiger partial charge in [0.1, 0.15) is 0 Å². The minimum atomic E-state index is 0.496. The van der Waals surface area contributed by atoms with E-state index in [0.29, 0.717) is 32.5 Å². The van der Waals surface area contributed by atoms with E-state index in [1.54, 1.807) is 0 Å². The van der Waals surface area contributed by atoms with Crippen molar-refractivity contribution in [3.05, 3.63) is 0 Å². The van der Waals surface area contributed by atoms with Crippen LogP contribution < -0.4 is 0 Å². The van der Waals surface area contributed by atoms with Gasteiger partial charge in [-0.2, -0.15) is 0 Å². The molecule has 3 fully saturated rings. The summed E-state index contributed by atoms with van der Waals surface area (Å²) in [6.07, 6.45) is 12.9. The van der Waals surface area contributed by atoms with Crippen LogP contribution in [-0.4, -0.2) is 0 Å². The summed E-state index contributed by atoms with van der Waals surface area (Å²) in [5, 5.41) is 0. The van der Waals surface area contributed by atoms with Gasteiger partial charge in [-0.3, -0.25) is 0 Å². The van der Waals surface area contributed by atoms with Crippen LogP contribution in [0.3, 0.4) is 0 Å². The fourth-order valence-corrected chi connectivity index (χ4v) is 7.89. The van der Waals surface area contributed by atoms with Crippen LogP contribution in [0.4, 0.5) is 0 Å². The third-order valence-electron chi connectivity index (χ3n) is 10.8. The predicted molar refractivity (Wildman–Crippen MR) is 102 cm³/mol. The number of hydrogen-bond acceptors (Lipinski definition) is 0. The highest BCUT2D eigenvalue weighted by Crippen LogP contribution is 2.79. The summed E-state index contributed by atoms with van der Waals surface area (Å²) in [4.78, 5) is 0. The summed E-state index contributed by atoms with van der Waals surface area (Å²) < 4.78 is 0. The fraction of sp³-hybridized carbons (Fsp3) is 1.00. The molecule has 0 nitrogen and oxygen atoms in total. The Hall–Kier alpha value is 0. The summed E-state index contributed by atoms with van der Waals surface area (Å²) in [6.45, 7) is 20.9. The fourth-order valence-electron chi connectivity index (χ4n) is 7.89. The molecule has 0 radical (unpaired) electrons. The quantitative estimate of drug-likeness (QED) is 0.466. The minimum Gasteiger partial charge on any atom is -0.0649 e. The summed E-state index contributed by atoms with van der Waals surface area (Å²) in [7, 11) is 0. The van der Waals surface area contributed by atoms with Gasteiger partial charge in [0.2, 0.25) is 0 Å². The van der Waals surface area contributed by atoms with E-state index >= 15 is 0 Å². The zero-order chi connectivity index (χ0) is 17.4. The van der Waals surface area contributed by atoms with Crippen molar-refractivity contribution >= 4 is 0 Å². The number of fused-ring (bicyclic) bond motifs is 3. The Balaban J connectivity index is 2.09. The van der Waals surface area contributed by atoms with Crippen LogP contribution in [0.1, 0.15) is 113 Å². The molecule has 23 heavy (non-hydrogen) atoms. The molecule has 3 aliphatic rings. The van der Waals surface area contributed by atoms with Crippen LogP contribution in [0.15, 0.2) is 0 Å². The van der Waals surface area contributed by atoms with Crippen molar-refractivity contribution in [3.8, 4) is 0 Å². The first kappa shape index (κ1) is 17.8. The molecule has 5 atom stereocenters. The van der Waals surface area contributed by atoms with Gasteiger partial charge in [0.05, 0.1) is 0 Å². The molecular formula is C23H42. The lowest BCUT2D eigenvalue weighted by atomic mass is 9.29. The first-order valence-corrected chi connectivity index (χ1v) is 10.4. The van der Waals surface area contributed by atoms with Crippen molar-refractivity contribution in [2.75, 3.05) is 0 Å². The van der Waals surface area contributed by atoms with E-state index in [9.17, 15) is 0 Å². The molecule has 134 valence electrons. The molecular weight excluding hydrogens is 276 g/mol. The molecule has 3 saturated carbocycles. The van der Waals surface area contributed by atoms with Gasteiger partial charge in [-0.05, 0) is 77.4 Å². The highest BCUT2D eigenvalue weighted by Gasteiger charge is 2.70. The van der Waals surface area contributed by atoms with E-state index < -0.39 is 0 Å². The Morgan fingerprint density at radius 1 is 0.609 bits per heavy atom. The van der Waals surface area contributed by atoms with E-state index in [0.717, 1.165) is 0 Å². The van der Waals surface area contributed by atoms with Crippen molar-refractivity contribution in [1.29, 1.82) is 0 Å². The zero-order valence-electron chi connectivity index (χ0n) is 17.4. The Morgan fingerprint density at radius 3 is 1.83 bits per heavy atom. The normalized spacial score (nSPS) is 55.8. The second-order valence-electron chi connectivity index (χ2n) is 11.6. The van der Waals surface area contributed by atoms with Crippen LogP contribution >= 0.6 is 0 Å². The average molecular weight is 319 g/mol. The SMILES string of the molecule is CCC1(C)CCC2(C)C(C)(CCC3(C)C(C)(C)CCCC32C)C1. The predicted octanol–water partition coefficient (Wildman–Crippen LogP) is 7.62. The van der Waals surface area contributed by atoms with Crippen LogP contribution in [0.25, 0.3) is 0 Å². The van der Waals surface area contributed by atoms with Crippen LogP contribution in [0.5, 0.6) is 0 Å². The smallest absolute Gasteiger partial charge is 0.0208 e. The second-order valence-corrected chi connectivity index (χ2v) is 11.6. The van der Waals surface area contributed by atoms with Crippen LogP contribution in [0.2, 0.25) is 0 Å². The zero-order valence-corrected chi connectivity index (χ0v) is 17.4. The van der Waals surface area contributed by atoms with Gasteiger partial charge in [0.25, 0.3) is 0 Å². The van der Waals surface area contributed by atoms with E-state index in [1.807, 2.05) is 0 Å². The molecule has 0 aromatic heterocycles. The lowest BCUT2D eigenvalue weighted by molar-refractivity contribution is -0.263. The molecule has 0 saturated heterocycles. The van der Waals surface area contributed by atoms with E-state index in [2.05, 4.69) is 55.4 Å². The van der Waals surface area contributed by atoms with Gasteiger partial charge in [0.15, 0.2) is 0 Å². The van der Waals surface area contributed by atoms with Crippen molar-refractivity contribution in [1.82, 2.24) is 0 Å². The van der Waals surface area contributed by atoms with Gasteiger partial charge in [-0.15, -0.1) is 0 Å². The van der Waals surface area contributed by atoms with E-state index in [-0.39, 0.29) is 0 Å².